The summed E-state index contributed by atoms with van der Waals surface area (Å²) in [4.78, 5) is 10.8. The fraction of sp³-hybridized carbons (Fsp3) is 0.222. The van der Waals surface area contributed by atoms with Crippen LogP contribution in [0.25, 0.3) is 0 Å². The summed E-state index contributed by atoms with van der Waals surface area (Å²) in [5, 5.41) is 12.0. The first-order valence-corrected chi connectivity index (χ1v) is 4.19. The fourth-order valence-corrected chi connectivity index (χ4v) is 1.37. The Balaban J connectivity index is 3.04. The minimum absolute atomic E-state index is 0.462. The molecular formula is C9H10ClNO2. The molecule has 3 nitrogen and oxygen atoms in total. The topological polar surface area (TPSA) is 49.3 Å². The van der Waals surface area contributed by atoms with Gasteiger partial charge in [0.05, 0.1) is 0 Å². The molecule has 2 N–H and O–H groups in total. The highest BCUT2D eigenvalue weighted by molar-refractivity contribution is 6.31. The van der Waals surface area contributed by atoms with Gasteiger partial charge in [-0.15, -0.1) is 0 Å². The van der Waals surface area contributed by atoms with Crippen LogP contribution in [0.4, 0.5) is 0 Å². The van der Waals surface area contributed by atoms with Crippen molar-refractivity contribution in [2.24, 2.45) is 0 Å². The minimum Gasteiger partial charge on any atom is -0.480 e. The van der Waals surface area contributed by atoms with E-state index in [2.05, 4.69) is 5.32 Å². The summed E-state index contributed by atoms with van der Waals surface area (Å²) in [6.45, 7) is 0. The number of benzene rings is 1. The summed E-state index contributed by atoms with van der Waals surface area (Å²) >= 11 is 5.84. The van der Waals surface area contributed by atoms with Gasteiger partial charge >= 0.3 is 5.97 Å². The van der Waals surface area contributed by atoms with Crippen LogP contribution in [0, 0.1) is 0 Å². The molecule has 0 aliphatic heterocycles. The Morgan fingerprint density at radius 2 is 2.15 bits per heavy atom. The molecule has 1 aromatic carbocycles. The lowest BCUT2D eigenvalue weighted by Crippen LogP contribution is -2.25. The van der Waals surface area contributed by atoms with E-state index in [9.17, 15) is 4.79 Å². The molecule has 4 heteroatoms. The number of rotatable bonds is 3. The molecule has 1 atom stereocenters. The normalized spacial score (nSPS) is 12.5. The van der Waals surface area contributed by atoms with Crippen molar-refractivity contribution in [1.82, 2.24) is 5.32 Å². The van der Waals surface area contributed by atoms with Gasteiger partial charge in [-0.2, -0.15) is 0 Å². The Bertz CT molecular complexity index is 314. The van der Waals surface area contributed by atoms with E-state index >= 15 is 0 Å². The van der Waals surface area contributed by atoms with Crippen LogP contribution in [0.5, 0.6) is 0 Å². The van der Waals surface area contributed by atoms with Gasteiger partial charge in [0, 0.05) is 5.02 Å². The van der Waals surface area contributed by atoms with Crippen LogP contribution >= 0.6 is 11.6 Å². The van der Waals surface area contributed by atoms with Crippen molar-refractivity contribution < 1.29 is 9.90 Å². The SMILES string of the molecule is CN[C@@H](C(=O)O)c1ccccc1Cl. The quantitative estimate of drug-likeness (QED) is 0.779. The third kappa shape index (κ3) is 2.20. The maximum atomic E-state index is 10.8. The van der Waals surface area contributed by atoms with E-state index in [-0.39, 0.29) is 0 Å². The average Bonchev–Trinajstić information content (AvgIpc) is 2.09. The zero-order chi connectivity index (χ0) is 9.84. The minimum atomic E-state index is -0.935. The molecular weight excluding hydrogens is 190 g/mol. The largest absolute Gasteiger partial charge is 0.480 e. The molecule has 0 bridgehead atoms. The zero-order valence-electron chi connectivity index (χ0n) is 7.12. The Morgan fingerprint density at radius 1 is 1.54 bits per heavy atom. The van der Waals surface area contributed by atoms with Gasteiger partial charge < -0.3 is 10.4 Å². The van der Waals surface area contributed by atoms with Crippen LogP contribution in [-0.4, -0.2) is 18.1 Å². The summed E-state index contributed by atoms with van der Waals surface area (Å²) in [5.74, 6) is -0.935. The summed E-state index contributed by atoms with van der Waals surface area (Å²) in [6.07, 6.45) is 0. The second kappa shape index (κ2) is 4.25. The van der Waals surface area contributed by atoms with Crippen LogP contribution in [0.15, 0.2) is 24.3 Å². The molecule has 1 rings (SSSR count). The number of halogens is 1. The summed E-state index contributed by atoms with van der Waals surface area (Å²) in [5.41, 5.74) is 0.583. The van der Waals surface area contributed by atoms with Crippen molar-refractivity contribution in [1.29, 1.82) is 0 Å². The number of hydrogen-bond donors (Lipinski definition) is 2. The fourth-order valence-electron chi connectivity index (χ4n) is 1.12. The molecule has 0 aliphatic rings. The third-order valence-electron chi connectivity index (χ3n) is 1.75. The monoisotopic (exact) mass is 199 g/mol. The number of likely N-dealkylation sites (N-methyl/N-ethyl adjacent to an activating group) is 1. The number of nitrogens with one attached hydrogen (secondary N) is 1. The maximum Gasteiger partial charge on any atom is 0.325 e. The lowest BCUT2D eigenvalue weighted by molar-refractivity contribution is -0.139. The van der Waals surface area contributed by atoms with Crippen LogP contribution in [-0.2, 0) is 4.79 Å². The maximum absolute atomic E-state index is 10.8. The first-order chi connectivity index (χ1) is 6.16. The molecule has 0 fully saturated rings. The molecule has 0 radical (unpaired) electrons. The smallest absolute Gasteiger partial charge is 0.325 e. The van der Waals surface area contributed by atoms with Crippen molar-refractivity contribution in [3.05, 3.63) is 34.9 Å². The number of carboxylic acids is 1. The highest BCUT2D eigenvalue weighted by atomic mass is 35.5. The molecule has 0 saturated carbocycles. The van der Waals surface area contributed by atoms with Gasteiger partial charge in [-0.1, -0.05) is 29.8 Å². The van der Waals surface area contributed by atoms with Crippen molar-refractivity contribution >= 4 is 17.6 Å². The van der Waals surface area contributed by atoms with Crippen molar-refractivity contribution in [3.63, 3.8) is 0 Å². The zero-order valence-corrected chi connectivity index (χ0v) is 7.88. The van der Waals surface area contributed by atoms with E-state index in [4.69, 9.17) is 16.7 Å². The van der Waals surface area contributed by atoms with Gasteiger partial charge in [0.25, 0.3) is 0 Å². The molecule has 0 aliphatic carbocycles. The standard InChI is InChI=1S/C9H10ClNO2/c1-11-8(9(12)13)6-4-2-3-5-7(6)10/h2-5,8,11H,1H3,(H,12,13)/t8-/m1/s1. The van der Waals surface area contributed by atoms with Gasteiger partial charge in [0.1, 0.15) is 6.04 Å². The predicted molar refractivity (Wildman–Crippen MR) is 50.9 cm³/mol. The molecule has 13 heavy (non-hydrogen) atoms. The Labute approximate surface area is 81.3 Å². The summed E-state index contributed by atoms with van der Waals surface area (Å²) in [6, 6.07) is 6.14. The van der Waals surface area contributed by atoms with Crippen LogP contribution in [0.2, 0.25) is 5.02 Å². The van der Waals surface area contributed by atoms with E-state index in [1.165, 1.54) is 0 Å². The van der Waals surface area contributed by atoms with Crippen LogP contribution in [0.3, 0.4) is 0 Å². The number of aliphatic carboxylic acids is 1. The van der Waals surface area contributed by atoms with Gasteiger partial charge in [0.15, 0.2) is 0 Å². The summed E-state index contributed by atoms with van der Waals surface area (Å²) < 4.78 is 0. The third-order valence-corrected chi connectivity index (χ3v) is 2.10. The van der Waals surface area contributed by atoms with Gasteiger partial charge in [-0.25, -0.2) is 0 Å². The first kappa shape index (κ1) is 10.0. The van der Waals surface area contributed by atoms with Gasteiger partial charge in [-0.3, -0.25) is 4.79 Å². The number of carbonyl (C=O) groups is 1. The predicted octanol–water partition coefficient (Wildman–Crippen LogP) is 1.69. The first-order valence-electron chi connectivity index (χ1n) is 3.81. The van der Waals surface area contributed by atoms with Crippen LogP contribution in [0.1, 0.15) is 11.6 Å². The lowest BCUT2D eigenvalue weighted by atomic mass is 10.1. The second-order valence-corrected chi connectivity index (χ2v) is 2.99. The molecule has 0 saturated heterocycles. The van der Waals surface area contributed by atoms with Crippen molar-refractivity contribution in [2.45, 2.75) is 6.04 Å². The van der Waals surface area contributed by atoms with E-state index in [0.29, 0.717) is 10.6 Å². The molecule has 0 heterocycles. The Hall–Kier alpha value is -1.06. The highest BCUT2D eigenvalue weighted by Gasteiger charge is 2.19. The molecule has 0 amide bonds. The molecule has 0 aromatic heterocycles. The van der Waals surface area contributed by atoms with Crippen molar-refractivity contribution in [3.8, 4) is 0 Å². The van der Waals surface area contributed by atoms with E-state index in [1.54, 1.807) is 31.3 Å². The molecule has 70 valence electrons. The number of carboxylic acid groups (broad SMARTS) is 1. The molecule has 0 spiro atoms. The van der Waals surface area contributed by atoms with Crippen molar-refractivity contribution in [2.75, 3.05) is 7.05 Å². The average molecular weight is 200 g/mol. The van der Waals surface area contributed by atoms with Crippen LogP contribution < -0.4 is 5.32 Å². The Kier molecular flexibility index (Phi) is 3.28. The second-order valence-electron chi connectivity index (χ2n) is 2.58. The Morgan fingerprint density at radius 3 is 2.62 bits per heavy atom. The van der Waals surface area contributed by atoms with E-state index in [1.807, 2.05) is 0 Å². The lowest BCUT2D eigenvalue weighted by Gasteiger charge is -2.12. The number of hydrogen-bond acceptors (Lipinski definition) is 2. The highest BCUT2D eigenvalue weighted by Crippen LogP contribution is 2.22. The van der Waals surface area contributed by atoms with E-state index < -0.39 is 12.0 Å². The van der Waals surface area contributed by atoms with Gasteiger partial charge in [-0.05, 0) is 18.7 Å². The summed E-state index contributed by atoms with van der Waals surface area (Å²) in [7, 11) is 1.59. The molecule has 0 unspecified atom stereocenters. The molecule has 1 aromatic rings. The van der Waals surface area contributed by atoms with E-state index in [0.717, 1.165) is 0 Å². The van der Waals surface area contributed by atoms with Gasteiger partial charge in [0.2, 0.25) is 0 Å².